The predicted octanol–water partition coefficient (Wildman–Crippen LogP) is 4.15. The van der Waals surface area contributed by atoms with E-state index in [0.29, 0.717) is 12.8 Å². The van der Waals surface area contributed by atoms with Gasteiger partial charge in [0.2, 0.25) is 0 Å². The normalized spacial score (nSPS) is 35.0. The highest BCUT2D eigenvalue weighted by Gasteiger charge is 2.67. The number of esters is 1. The third-order valence-electron chi connectivity index (χ3n) is 5.31. The van der Waals surface area contributed by atoms with E-state index >= 15 is 8.78 Å². The van der Waals surface area contributed by atoms with Crippen LogP contribution in [0.1, 0.15) is 51.1 Å². The molecule has 0 aromatic heterocycles. The molecule has 1 aliphatic carbocycles. The van der Waals surface area contributed by atoms with Crippen LogP contribution in [-0.2, 0) is 9.53 Å². The number of rotatable bonds is 4. The van der Waals surface area contributed by atoms with Crippen molar-refractivity contribution in [3.05, 3.63) is 35.9 Å². The van der Waals surface area contributed by atoms with E-state index in [9.17, 15) is 4.79 Å². The molecule has 0 unspecified atom stereocenters. The molecule has 0 spiro atoms. The lowest BCUT2D eigenvalue weighted by Crippen LogP contribution is -2.70. The van der Waals surface area contributed by atoms with Gasteiger partial charge in [-0.15, -0.1) is 0 Å². The number of benzene rings is 1. The molecule has 2 heterocycles. The van der Waals surface area contributed by atoms with Crippen LogP contribution in [-0.4, -0.2) is 29.1 Å². The Hall–Kier alpha value is -1.49. The minimum absolute atomic E-state index is 0.0874. The Morgan fingerprint density at radius 2 is 1.91 bits per heavy atom. The minimum Gasteiger partial charge on any atom is -0.463 e. The molecule has 126 valence electrons. The second-order valence-corrected chi connectivity index (χ2v) is 6.54. The van der Waals surface area contributed by atoms with E-state index < -0.39 is 29.5 Å². The zero-order chi connectivity index (χ0) is 16.7. The van der Waals surface area contributed by atoms with Crippen LogP contribution >= 0.6 is 0 Å². The predicted molar refractivity (Wildman–Crippen MR) is 83.0 cm³/mol. The van der Waals surface area contributed by atoms with E-state index in [2.05, 4.69) is 0 Å². The fourth-order valence-corrected chi connectivity index (χ4v) is 4.18. The van der Waals surface area contributed by atoms with Gasteiger partial charge in [-0.3, -0.25) is 0 Å². The summed E-state index contributed by atoms with van der Waals surface area (Å²) >= 11 is 0. The molecule has 3 fully saturated rings. The van der Waals surface area contributed by atoms with Crippen LogP contribution in [0.15, 0.2) is 30.3 Å². The summed E-state index contributed by atoms with van der Waals surface area (Å²) in [5.74, 6) is -5.65. The van der Waals surface area contributed by atoms with Gasteiger partial charge in [0.15, 0.2) is 5.79 Å². The molecule has 1 saturated carbocycles. The Balaban J connectivity index is 2.04. The maximum atomic E-state index is 15.9. The number of hydrogen-bond donors (Lipinski definition) is 0. The van der Waals surface area contributed by atoms with Gasteiger partial charge in [0.1, 0.15) is 0 Å². The molecule has 2 saturated heterocycles. The molecular formula is C18H23F2NO2. The summed E-state index contributed by atoms with van der Waals surface area (Å²) in [6, 6.07) is 8.66. The topological polar surface area (TPSA) is 29.5 Å². The standard InChI is InChI=1S/C18H23F2NO2/c1-3-23-16(22)18(20)15-9-11-17(19,12-10-15)21(18)13(2)14-7-5-4-6-8-14/h4-8,13,15H,3,9-12H2,1-2H3/t13-,15?,17?,18-/m0/s1. The van der Waals surface area contributed by atoms with Crippen LogP contribution in [0, 0.1) is 5.92 Å². The first-order chi connectivity index (χ1) is 10.9. The summed E-state index contributed by atoms with van der Waals surface area (Å²) in [5, 5.41) is 0. The summed E-state index contributed by atoms with van der Waals surface area (Å²) < 4.78 is 36.4. The molecule has 0 amide bonds. The summed E-state index contributed by atoms with van der Waals surface area (Å²) in [7, 11) is 0. The maximum absolute atomic E-state index is 15.9. The first-order valence-electron chi connectivity index (χ1n) is 8.33. The average Bonchev–Trinajstić information content (AvgIpc) is 2.55. The van der Waals surface area contributed by atoms with E-state index in [-0.39, 0.29) is 19.4 Å². The largest absolute Gasteiger partial charge is 0.463 e. The first kappa shape index (κ1) is 16.4. The lowest BCUT2D eigenvalue weighted by atomic mass is 9.70. The molecule has 2 aliphatic heterocycles. The number of hydrogen-bond acceptors (Lipinski definition) is 3. The van der Waals surface area contributed by atoms with E-state index in [4.69, 9.17) is 4.74 Å². The SMILES string of the molecule is CCOC(=O)[C@]1(F)C2CCC(F)(CC2)N1[C@@H](C)c1ccccc1. The highest BCUT2D eigenvalue weighted by Crippen LogP contribution is 2.57. The van der Waals surface area contributed by atoms with E-state index in [1.165, 1.54) is 0 Å². The Labute approximate surface area is 135 Å². The Morgan fingerprint density at radius 1 is 1.30 bits per heavy atom. The smallest absolute Gasteiger partial charge is 0.359 e. The van der Waals surface area contributed by atoms with Crippen LogP contribution < -0.4 is 0 Å². The molecule has 4 rings (SSSR count). The van der Waals surface area contributed by atoms with Gasteiger partial charge in [-0.05, 0) is 45.1 Å². The molecule has 23 heavy (non-hydrogen) atoms. The van der Waals surface area contributed by atoms with E-state index in [1.54, 1.807) is 13.8 Å². The summed E-state index contributed by atoms with van der Waals surface area (Å²) in [5.41, 5.74) is 0.795. The van der Waals surface area contributed by atoms with Gasteiger partial charge in [0.05, 0.1) is 6.61 Å². The zero-order valence-corrected chi connectivity index (χ0v) is 13.6. The molecule has 3 nitrogen and oxygen atoms in total. The Morgan fingerprint density at radius 3 is 2.48 bits per heavy atom. The molecule has 1 aromatic rings. The van der Waals surface area contributed by atoms with Crippen LogP contribution in [0.2, 0.25) is 0 Å². The molecule has 0 N–H and O–H groups in total. The van der Waals surface area contributed by atoms with Crippen molar-refractivity contribution in [1.29, 1.82) is 0 Å². The lowest BCUT2D eigenvalue weighted by molar-refractivity contribution is -0.271. The van der Waals surface area contributed by atoms with Crippen molar-refractivity contribution >= 4 is 5.97 Å². The number of fused-ring (bicyclic) bond motifs is 3. The van der Waals surface area contributed by atoms with Gasteiger partial charge in [-0.25, -0.2) is 18.5 Å². The van der Waals surface area contributed by atoms with Gasteiger partial charge in [-0.2, -0.15) is 0 Å². The van der Waals surface area contributed by atoms with Crippen molar-refractivity contribution in [3.8, 4) is 0 Å². The molecular weight excluding hydrogens is 300 g/mol. The average molecular weight is 323 g/mol. The zero-order valence-electron chi connectivity index (χ0n) is 13.6. The first-order valence-corrected chi connectivity index (χ1v) is 8.33. The molecule has 1 aromatic carbocycles. The number of ether oxygens (including phenoxy) is 1. The number of halogens is 2. The Kier molecular flexibility index (Phi) is 4.17. The highest BCUT2D eigenvalue weighted by molar-refractivity contribution is 5.80. The van der Waals surface area contributed by atoms with E-state index in [0.717, 1.165) is 10.5 Å². The van der Waals surface area contributed by atoms with Crippen LogP contribution in [0.4, 0.5) is 8.78 Å². The number of nitrogens with zero attached hydrogens (tertiary/aromatic N) is 1. The van der Waals surface area contributed by atoms with Crippen LogP contribution in [0.25, 0.3) is 0 Å². The van der Waals surface area contributed by atoms with Crippen molar-refractivity contribution in [2.45, 2.75) is 57.2 Å². The number of alkyl halides is 2. The Bertz CT molecular complexity index is 572. The van der Waals surface area contributed by atoms with Crippen molar-refractivity contribution in [1.82, 2.24) is 4.90 Å². The molecule has 2 atom stereocenters. The lowest BCUT2D eigenvalue weighted by Gasteiger charge is -2.58. The maximum Gasteiger partial charge on any atom is 0.359 e. The van der Waals surface area contributed by atoms with Gasteiger partial charge in [0, 0.05) is 12.0 Å². The number of carbonyl (C=O) groups is 1. The third-order valence-corrected chi connectivity index (χ3v) is 5.31. The quantitative estimate of drug-likeness (QED) is 0.616. The molecule has 3 aliphatic rings. The minimum atomic E-state index is -2.39. The molecule has 2 bridgehead atoms. The summed E-state index contributed by atoms with van der Waals surface area (Å²) in [4.78, 5) is 13.5. The van der Waals surface area contributed by atoms with Crippen molar-refractivity contribution < 1.29 is 18.3 Å². The highest BCUT2D eigenvalue weighted by atomic mass is 19.2. The second-order valence-electron chi connectivity index (χ2n) is 6.54. The summed E-state index contributed by atoms with van der Waals surface area (Å²) in [6.07, 6.45) is 1.29. The third kappa shape index (κ3) is 2.45. The van der Waals surface area contributed by atoms with Crippen LogP contribution in [0.5, 0.6) is 0 Å². The molecule has 0 radical (unpaired) electrons. The van der Waals surface area contributed by atoms with Crippen molar-refractivity contribution in [2.24, 2.45) is 5.92 Å². The monoisotopic (exact) mass is 323 g/mol. The summed E-state index contributed by atoms with van der Waals surface area (Å²) in [6.45, 7) is 3.48. The van der Waals surface area contributed by atoms with Gasteiger partial charge in [0.25, 0.3) is 5.79 Å². The van der Waals surface area contributed by atoms with Gasteiger partial charge < -0.3 is 4.74 Å². The van der Waals surface area contributed by atoms with Crippen LogP contribution in [0.3, 0.4) is 0 Å². The second kappa shape index (κ2) is 5.86. The van der Waals surface area contributed by atoms with Gasteiger partial charge in [-0.1, -0.05) is 30.3 Å². The molecule has 5 heteroatoms. The van der Waals surface area contributed by atoms with E-state index in [1.807, 2.05) is 30.3 Å². The van der Waals surface area contributed by atoms with Crippen molar-refractivity contribution in [2.75, 3.05) is 6.61 Å². The van der Waals surface area contributed by atoms with Crippen molar-refractivity contribution in [3.63, 3.8) is 0 Å². The number of carbonyl (C=O) groups excluding carboxylic acids is 1. The fraction of sp³-hybridized carbons (Fsp3) is 0.611. The number of piperidine rings is 2. The fourth-order valence-electron chi connectivity index (χ4n) is 4.18. The van der Waals surface area contributed by atoms with Gasteiger partial charge >= 0.3 is 5.97 Å².